The predicted octanol–water partition coefficient (Wildman–Crippen LogP) is 2.69. The molecule has 0 saturated carbocycles. The van der Waals surface area contributed by atoms with Crippen LogP contribution in [0.15, 0.2) is 46.9 Å². The first kappa shape index (κ1) is 36.1. The normalized spacial score (nSPS) is 11.6. The third-order valence-electron chi connectivity index (χ3n) is 5.66. The number of amides is 2. The van der Waals surface area contributed by atoms with Crippen LogP contribution in [0.1, 0.15) is 67.2 Å². The van der Waals surface area contributed by atoms with Gasteiger partial charge in [-0.2, -0.15) is 0 Å². The van der Waals surface area contributed by atoms with Gasteiger partial charge in [0.25, 0.3) is 0 Å². The number of carbonyl (C=O) groups excluding carboxylic acids is 2. The minimum atomic E-state index is -0.510. The molecule has 0 fully saturated rings. The van der Waals surface area contributed by atoms with Crippen LogP contribution in [0.4, 0.5) is 26.9 Å². The number of aromatic nitrogens is 2. The number of rotatable bonds is 13. The van der Waals surface area contributed by atoms with E-state index in [1.807, 2.05) is 89.3 Å². The van der Waals surface area contributed by atoms with E-state index >= 15 is 0 Å². The number of carbonyl (C=O) groups is 2. The smallest absolute Gasteiger partial charge is 0.421 e. The van der Waals surface area contributed by atoms with E-state index in [0.717, 1.165) is 56.1 Å². The van der Waals surface area contributed by atoms with Gasteiger partial charge >= 0.3 is 18.1 Å². The van der Waals surface area contributed by atoms with Crippen LogP contribution in [-0.2, 0) is 23.6 Å². The quantitative estimate of drug-likeness (QED) is 0.146. The maximum atomic E-state index is 11.9. The van der Waals surface area contributed by atoms with Crippen molar-refractivity contribution in [1.29, 1.82) is 0 Å². The lowest BCUT2D eigenvalue weighted by molar-refractivity contribution is -0.657. The van der Waals surface area contributed by atoms with Crippen molar-refractivity contribution in [3.8, 4) is 0 Å². The van der Waals surface area contributed by atoms with Crippen LogP contribution in [0.5, 0.6) is 0 Å². The van der Waals surface area contributed by atoms with Gasteiger partial charge in [-0.15, -0.1) is 0 Å². The minimum absolute atomic E-state index is 0. The van der Waals surface area contributed by atoms with E-state index in [1.165, 1.54) is 0 Å². The summed E-state index contributed by atoms with van der Waals surface area (Å²) in [6.07, 6.45) is 6.54. The van der Waals surface area contributed by atoms with Gasteiger partial charge in [0.15, 0.2) is 0 Å². The molecule has 0 bridgehead atoms. The van der Waals surface area contributed by atoms with Crippen LogP contribution >= 0.6 is 0 Å². The lowest BCUT2D eigenvalue weighted by Gasteiger charge is -2.25. The number of benzene rings is 1. The lowest BCUT2D eigenvalue weighted by atomic mass is 10.2. The second kappa shape index (κ2) is 17.1. The monoisotopic (exact) mass is 685 g/mol. The first-order chi connectivity index (χ1) is 18.7. The molecule has 1 aromatic carbocycles. The zero-order chi connectivity index (χ0) is 29.8. The number of aryl methyl sites for hydroxylation is 2. The summed E-state index contributed by atoms with van der Waals surface area (Å²) in [5.41, 5.74) is 0.837. The largest absolute Gasteiger partial charge is 1.00 e. The molecule has 0 spiro atoms. The number of ether oxygens (including phenoxy) is 2. The molecule has 2 aromatic rings. The molecular weight excluding hydrogens is 637 g/mol. The van der Waals surface area contributed by atoms with Crippen molar-refractivity contribution >= 4 is 29.5 Å². The average Bonchev–Trinajstić information content (AvgIpc) is 3.16. The van der Waals surface area contributed by atoms with E-state index in [-0.39, 0.29) is 24.0 Å². The van der Waals surface area contributed by atoms with E-state index in [9.17, 15) is 9.59 Å². The predicted molar refractivity (Wildman–Crippen MR) is 156 cm³/mol. The zero-order valence-electron chi connectivity index (χ0n) is 25.9. The molecule has 2 N–H and O–H groups in total. The molecule has 2 amide bonds. The van der Waals surface area contributed by atoms with Gasteiger partial charge in [0.05, 0.1) is 26.5 Å². The first-order valence-corrected chi connectivity index (χ1v) is 13.9. The number of hydrogen-bond acceptors (Lipinski definition) is 7. The van der Waals surface area contributed by atoms with E-state index in [2.05, 4.69) is 37.9 Å². The number of alkyl carbamates (subject to hydrolysis) is 2. The number of azo groups is 1. The molecule has 1 heterocycles. The minimum Gasteiger partial charge on any atom is -1.00 e. The van der Waals surface area contributed by atoms with Gasteiger partial charge in [-0.1, -0.05) is 5.11 Å². The van der Waals surface area contributed by atoms with E-state index in [4.69, 9.17) is 9.47 Å². The van der Waals surface area contributed by atoms with Crippen molar-refractivity contribution in [3.63, 3.8) is 0 Å². The first-order valence-electron chi connectivity index (χ1n) is 13.9. The Bertz CT molecular complexity index is 1050. The molecule has 0 atom stereocenters. The Morgan fingerprint density at radius 3 is 1.76 bits per heavy atom. The van der Waals surface area contributed by atoms with Gasteiger partial charge in [0, 0.05) is 37.0 Å². The molecule has 41 heavy (non-hydrogen) atoms. The molecule has 0 radical (unpaired) electrons. The fourth-order valence-corrected chi connectivity index (χ4v) is 3.79. The lowest BCUT2D eigenvalue weighted by Crippen LogP contribution is -3.00. The summed E-state index contributed by atoms with van der Waals surface area (Å²) in [4.78, 5) is 26.1. The Morgan fingerprint density at radius 1 is 0.854 bits per heavy atom. The number of nitrogens with zero attached hydrogens (tertiary/aromatic N) is 5. The average molecular weight is 686 g/mol. The Morgan fingerprint density at radius 2 is 1.34 bits per heavy atom. The third kappa shape index (κ3) is 15.1. The van der Waals surface area contributed by atoms with E-state index in [1.54, 1.807) is 0 Å². The summed E-state index contributed by atoms with van der Waals surface area (Å²) in [6, 6.07) is 8.03. The van der Waals surface area contributed by atoms with Crippen LogP contribution in [0.25, 0.3) is 0 Å². The number of unbranched alkanes of at least 4 members (excludes halogenated alkanes) is 2. The second-order valence-electron chi connectivity index (χ2n) is 11.8. The maximum Gasteiger partial charge on any atom is 0.421 e. The van der Waals surface area contributed by atoms with Gasteiger partial charge in [-0.05, 0) is 91.5 Å². The van der Waals surface area contributed by atoms with Crippen LogP contribution < -0.4 is 44.1 Å². The SMILES string of the molecule is Cn1cc[n+](C)c1N=Nc1ccc(N(CCCCNC(=O)OC(C)(C)C)CCCCNC(=O)OC(C)(C)C)cc1.[I-]. The number of anilines is 1. The molecule has 0 saturated heterocycles. The van der Waals surface area contributed by atoms with Crippen molar-refractivity contribution in [2.45, 2.75) is 78.4 Å². The number of imidazole rings is 1. The highest BCUT2D eigenvalue weighted by molar-refractivity contribution is 5.67. The van der Waals surface area contributed by atoms with Gasteiger partial charge < -0.3 is 49.0 Å². The van der Waals surface area contributed by atoms with Gasteiger partial charge in [-0.25, -0.2) is 18.7 Å². The Balaban J connectivity index is 0.00000840. The number of nitrogens with one attached hydrogen (secondary N) is 2. The Labute approximate surface area is 262 Å². The van der Waals surface area contributed by atoms with Crippen LogP contribution in [0.3, 0.4) is 0 Å². The molecule has 11 nitrogen and oxygen atoms in total. The summed E-state index contributed by atoms with van der Waals surface area (Å²) >= 11 is 0. The number of hydrogen-bond donors (Lipinski definition) is 2. The summed E-state index contributed by atoms with van der Waals surface area (Å²) in [6.45, 7) is 13.9. The van der Waals surface area contributed by atoms with Gasteiger partial charge in [-0.3, -0.25) is 0 Å². The van der Waals surface area contributed by atoms with Crippen molar-refractivity contribution in [2.75, 3.05) is 31.1 Å². The number of halogens is 1. The van der Waals surface area contributed by atoms with Gasteiger partial charge in [0.1, 0.15) is 16.9 Å². The molecule has 230 valence electrons. The fraction of sp³-hybridized carbons (Fsp3) is 0.621. The summed E-state index contributed by atoms with van der Waals surface area (Å²) < 4.78 is 14.4. The van der Waals surface area contributed by atoms with Crippen LogP contribution in [0.2, 0.25) is 0 Å². The molecule has 0 aliphatic rings. The highest BCUT2D eigenvalue weighted by Crippen LogP contribution is 2.22. The van der Waals surface area contributed by atoms with Crippen molar-refractivity contribution in [1.82, 2.24) is 15.2 Å². The Kier molecular flexibility index (Phi) is 15.1. The highest BCUT2D eigenvalue weighted by Gasteiger charge is 2.17. The van der Waals surface area contributed by atoms with E-state index < -0.39 is 23.4 Å². The van der Waals surface area contributed by atoms with Crippen molar-refractivity contribution in [2.24, 2.45) is 24.3 Å². The molecule has 0 aliphatic heterocycles. The topological polar surface area (TPSA) is 113 Å². The molecule has 0 unspecified atom stereocenters. The highest BCUT2D eigenvalue weighted by atomic mass is 127. The Hall–Kier alpha value is -2.90. The molecule has 12 heteroatoms. The standard InChI is InChI=1S/C29H47N7O4.HI/c1-28(2,3)39-26(37)30-17-9-11-19-36(20-12-10-18-31-27(38)40-29(4,5)6)24-15-13-23(14-16-24)32-33-25-34(7)21-22-35(25)8;/h13-16,21-22H,9-12,17-20H2,1-8H3,(H-,30,31,37,38);1H. The fourth-order valence-electron chi connectivity index (χ4n) is 3.79. The second-order valence-corrected chi connectivity index (χ2v) is 11.8. The van der Waals surface area contributed by atoms with Crippen LogP contribution in [0, 0.1) is 0 Å². The van der Waals surface area contributed by atoms with Crippen molar-refractivity contribution < 1.29 is 47.6 Å². The third-order valence-corrected chi connectivity index (χ3v) is 5.66. The maximum absolute atomic E-state index is 11.9. The van der Waals surface area contributed by atoms with Crippen LogP contribution in [-0.4, -0.2) is 54.1 Å². The van der Waals surface area contributed by atoms with E-state index in [0.29, 0.717) is 13.1 Å². The molecule has 0 aliphatic carbocycles. The molecular formula is C29H48IN7O4. The van der Waals surface area contributed by atoms with Gasteiger partial charge in [0.2, 0.25) is 0 Å². The summed E-state index contributed by atoms with van der Waals surface area (Å²) in [7, 11) is 3.86. The zero-order valence-corrected chi connectivity index (χ0v) is 28.0. The molecule has 2 rings (SSSR count). The summed E-state index contributed by atoms with van der Waals surface area (Å²) in [5, 5.41) is 14.4. The molecule has 1 aromatic heterocycles. The van der Waals surface area contributed by atoms with Crippen molar-refractivity contribution in [3.05, 3.63) is 36.7 Å². The summed E-state index contributed by atoms with van der Waals surface area (Å²) in [5.74, 6) is 0.755.